The van der Waals surface area contributed by atoms with Crippen molar-refractivity contribution in [1.29, 1.82) is 0 Å². The second-order valence-corrected chi connectivity index (χ2v) is 5.85. The molecule has 3 nitrogen and oxygen atoms in total. The molecule has 19 heavy (non-hydrogen) atoms. The minimum absolute atomic E-state index is 0.173. The summed E-state index contributed by atoms with van der Waals surface area (Å²) in [5, 5.41) is 12.8. The minimum Gasteiger partial charge on any atom is -0.389 e. The van der Waals surface area contributed by atoms with Crippen molar-refractivity contribution in [2.45, 2.75) is 38.8 Å². The van der Waals surface area contributed by atoms with E-state index >= 15 is 0 Å². The van der Waals surface area contributed by atoms with Crippen LogP contribution in [0.25, 0.3) is 0 Å². The van der Waals surface area contributed by atoms with Crippen LogP contribution in [0.15, 0.2) is 18.2 Å². The van der Waals surface area contributed by atoms with E-state index in [1.807, 2.05) is 6.07 Å². The number of nitrogens with zero attached hydrogens (tertiary/aromatic N) is 1. The highest BCUT2D eigenvalue weighted by atomic mass is 19.1. The van der Waals surface area contributed by atoms with E-state index in [1.165, 1.54) is 18.9 Å². The molecule has 0 atom stereocenters. The van der Waals surface area contributed by atoms with Crippen LogP contribution in [0.4, 0.5) is 10.1 Å². The van der Waals surface area contributed by atoms with E-state index in [-0.39, 0.29) is 5.82 Å². The van der Waals surface area contributed by atoms with Gasteiger partial charge in [0, 0.05) is 37.4 Å². The van der Waals surface area contributed by atoms with Crippen LogP contribution in [0, 0.1) is 5.82 Å². The molecule has 1 fully saturated rings. The SMILES string of the molecule is CC(C)(O)CNCc1c(F)cccc1N1CCCC1. The summed E-state index contributed by atoms with van der Waals surface area (Å²) < 4.78 is 14.0. The van der Waals surface area contributed by atoms with Gasteiger partial charge in [0.2, 0.25) is 0 Å². The van der Waals surface area contributed by atoms with E-state index in [0.29, 0.717) is 18.7 Å². The molecule has 1 aromatic carbocycles. The molecule has 1 aromatic rings. The van der Waals surface area contributed by atoms with Gasteiger partial charge in [0.1, 0.15) is 5.82 Å². The Labute approximate surface area is 114 Å². The quantitative estimate of drug-likeness (QED) is 0.858. The highest BCUT2D eigenvalue weighted by Gasteiger charge is 2.18. The summed E-state index contributed by atoms with van der Waals surface area (Å²) >= 11 is 0. The monoisotopic (exact) mass is 266 g/mol. The van der Waals surface area contributed by atoms with E-state index in [2.05, 4.69) is 10.2 Å². The zero-order valence-electron chi connectivity index (χ0n) is 11.7. The molecule has 106 valence electrons. The van der Waals surface area contributed by atoms with Crippen molar-refractivity contribution in [3.63, 3.8) is 0 Å². The molecule has 0 unspecified atom stereocenters. The van der Waals surface area contributed by atoms with Gasteiger partial charge in [0.25, 0.3) is 0 Å². The normalized spacial score (nSPS) is 16.1. The third-order valence-corrected chi connectivity index (χ3v) is 3.40. The zero-order chi connectivity index (χ0) is 13.9. The van der Waals surface area contributed by atoms with Crippen LogP contribution in [0.3, 0.4) is 0 Å². The summed E-state index contributed by atoms with van der Waals surface area (Å²) in [6, 6.07) is 5.25. The minimum atomic E-state index is -0.779. The lowest BCUT2D eigenvalue weighted by Crippen LogP contribution is -2.35. The Morgan fingerprint density at radius 1 is 1.32 bits per heavy atom. The number of rotatable bonds is 5. The van der Waals surface area contributed by atoms with Gasteiger partial charge in [-0.1, -0.05) is 6.07 Å². The molecule has 0 aliphatic carbocycles. The first-order valence-corrected chi connectivity index (χ1v) is 6.93. The van der Waals surface area contributed by atoms with Gasteiger partial charge in [-0.3, -0.25) is 0 Å². The number of halogens is 1. The van der Waals surface area contributed by atoms with Gasteiger partial charge in [-0.05, 0) is 38.8 Å². The van der Waals surface area contributed by atoms with Crippen LogP contribution in [-0.2, 0) is 6.54 Å². The molecular formula is C15H23FN2O. The van der Waals surface area contributed by atoms with Crippen LogP contribution in [0.1, 0.15) is 32.3 Å². The number of hydrogen-bond donors (Lipinski definition) is 2. The Bertz CT molecular complexity index is 423. The second-order valence-electron chi connectivity index (χ2n) is 5.85. The summed E-state index contributed by atoms with van der Waals surface area (Å²) in [7, 11) is 0. The fourth-order valence-electron chi connectivity index (χ4n) is 2.47. The van der Waals surface area contributed by atoms with Crippen LogP contribution in [0.2, 0.25) is 0 Å². The van der Waals surface area contributed by atoms with Crippen LogP contribution < -0.4 is 10.2 Å². The summed E-state index contributed by atoms with van der Waals surface area (Å²) in [6.07, 6.45) is 2.35. The van der Waals surface area contributed by atoms with Gasteiger partial charge in [-0.25, -0.2) is 4.39 Å². The highest BCUT2D eigenvalue weighted by Crippen LogP contribution is 2.26. The van der Waals surface area contributed by atoms with Crippen LogP contribution >= 0.6 is 0 Å². The van der Waals surface area contributed by atoms with Crippen molar-refractivity contribution in [3.05, 3.63) is 29.6 Å². The Morgan fingerprint density at radius 3 is 2.63 bits per heavy atom. The molecule has 0 saturated carbocycles. The fourth-order valence-corrected chi connectivity index (χ4v) is 2.47. The van der Waals surface area contributed by atoms with E-state index in [4.69, 9.17) is 0 Å². The zero-order valence-corrected chi connectivity index (χ0v) is 11.7. The first kappa shape index (κ1) is 14.3. The largest absolute Gasteiger partial charge is 0.389 e. The molecule has 2 rings (SSSR count). The Balaban J connectivity index is 2.09. The van der Waals surface area contributed by atoms with Crippen molar-refractivity contribution in [1.82, 2.24) is 5.32 Å². The molecule has 0 spiro atoms. The molecule has 0 aromatic heterocycles. The van der Waals surface area contributed by atoms with Gasteiger partial charge >= 0.3 is 0 Å². The molecule has 1 aliphatic heterocycles. The Morgan fingerprint density at radius 2 is 2.00 bits per heavy atom. The fraction of sp³-hybridized carbons (Fsp3) is 0.600. The predicted molar refractivity (Wildman–Crippen MR) is 75.9 cm³/mol. The number of benzene rings is 1. The van der Waals surface area contributed by atoms with Crippen LogP contribution in [-0.4, -0.2) is 30.3 Å². The number of anilines is 1. The predicted octanol–water partition coefficient (Wildman–Crippen LogP) is 2.29. The van der Waals surface area contributed by atoms with Gasteiger partial charge in [-0.2, -0.15) is 0 Å². The first-order chi connectivity index (χ1) is 8.97. The lowest BCUT2D eigenvalue weighted by molar-refractivity contribution is 0.0794. The molecule has 2 N–H and O–H groups in total. The van der Waals surface area contributed by atoms with Gasteiger partial charge in [0.05, 0.1) is 5.60 Å². The lowest BCUT2D eigenvalue weighted by Gasteiger charge is -2.23. The molecule has 1 saturated heterocycles. The molecule has 4 heteroatoms. The third kappa shape index (κ3) is 3.91. The maximum absolute atomic E-state index is 14.0. The van der Waals surface area contributed by atoms with Crippen molar-refractivity contribution in [3.8, 4) is 0 Å². The number of nitrogens with one attached hydrogen (secondary N) is 1. The summed E-state index contributed by atoms with van der Waals surface area (Å²) in [6.45, 7) is 6.37. The highest BCUT2D eigenvalue weighted by molar-refractivity contribution is 5.54. The lowest BCUT2D eigenvalue weighted by atomic mass is 10.1. The molecule has 0 amide bonds. The van der Waals surface area contributed by atoms with E-state index in [1.54, 1.807) is 19.9 Å². The third-order valence-electron chi connectivity index (χ3n) is 3.40. The maximum atomic E-state index is 14.0. The molecule has 0 radical (unpaired) electrons. The molecular weight excluding hydrogens is 243 g/mol. The van der Waals surface area contributed by atoms with Gasteiger partial charge in [0.15, 0.2) is 0 Å². The topological polar surface area (TPSA) is 35.5 Å². The average Bonchev–Trinajstić information content (AvgIpc) is 2.83. The summed E-state index contributed by atoms with van der Waals surface area (Å²) in [4.78, 5) is 2.24. The Hall–Kier alpha value is -1.13. The standard InChI is InChI=1S/C15H23FN2O/c1-15(2,19)11-17-10-12-13(16)6-5-7-14(12)18-8-3-4-9-18/h5-7,17,19H,3-4,8-11H2,1-2H3. The van der Waals surface area contributed by atoms with E-state index in [9.17, 15) is 9.50 Å². The van der Waals surface area contributed by atoms with Crippen molar-refractivity contribution < 1.29 is 9.50 Å². The summed E-state index contributed by atoms with van der Waals surface area (Å²) in [5.41, 5.74) is 0.911. The maximum Gasteiger partial charge on any atom is 0.129 e. The summed E-state index contributed by atoms with van der Waals surface area (Å²) in [5.74, 6) is -0.173. The van der Waals surface area contributed by atoms with Gasteiger partial charge < -0.3 is 15.3 Å². The molecule has 1 aliphatic rings. The Kier molecular flexibility index (Phi) is 4.42. The average molecular weight is 266 g/mol. The number of hydrogen-bond acceptors (Lipinski definition) is 3. The van der Waals surface area contributed by atoms with E-state index in [0.717, 1.165) is 18.8 Å². The van der Waals surface area contributed by atoms with Crippen molar-refractivity contribution in [2.24, 2.45) is 0 Å². The van der Waals surface area contributed by atoms with Crippen molar-refractivity contribution >= 4 is 5.69 Å². The number of aliphatic hydroxyl groups is 1. The van der Waals surface area contributed by atoms with Crippen molar-refractivity contribution in [2.75, 3.05) is 24.5 Å². The smallest absolute Gasteiger partial charge is 0.129 e. The van der Waals surface area contributed by atoms with E-state index < -0.39 is 5.60 Å². The molecule has 0 bridgehead atoms. The van der Waals surface area contributed by atoms with Gasteiger partial charge in [-0.15, -0.1) is 0 Å². The van der Waals surface area contributed by atoms with Crippen LogP contribution in [0.5, 0.6) is 0 Å². The second kappa shape index (κ2) is 5.88. The first-order valence-electron chi connectivity index (χ1n) is 6.93. The molecule has 1 heterocycles.